The van der Waals surface area contributed by atoms with Gasteiger partial charge in [-0.25, -0.2) is 22.8 Å². The molecule has 1 aliphatic rings. The van der Waals surface area contributed by atoms with Crippen molar-refractivity contribution in [3.8, 4) is 0 Å². The lowest BCUT2D eigenvalue weighted by Crippen LogP contribution is -2.49. The van der Waals surface area contributed by atoms with Gasteiger partial charge < -0.3 is 15.0 Å². The van der Waals surface area contributed by atoms with Crippen molar-refractivity contribution in [2.45, 2.75) is 29.3 Å². The van der Waals surface area contributed by atoms with Gasteiger partial charge in [-0.15, -0.1) is 0 Å². The third-order valence-corrected chi connectivity index (χ3v) is 6.64. The van der Waals surface area contributed by atoms with Crippen LogP contribution in [-0.2, 0) is 19.3 Å². The van der Waals surface area contributed by atoms with Crippen LogP contribution in [0.5, 0.6) is 0 Å². The van der Waals surface area contributed by atoms with Crippen molar-refractivity contribution in [3.63, 3.8) is 0 Å². The molecule has 2 unspecified atom stereocenters. The number of rotatable bonds is 5. The normalized spacial score (nSPS) is 22.8. The molecule has 0 bridgehead atoms. The lowest BCUT2D eigenvalue weighted by molar-refractivity contribution is -0.261. The number of nitrogens with one attached hydrogen (secondary N) is 2. The summed E-state index contributed by atoms with van der Waals surface area (Å²) in [6.07, 6.45) is -3.48. The summed E-state index contributed by atoms with van der Waals surface area (Å²) in [5.74, 6) is -3.72. The van der Waals surface area contributed by atoms with Gasteiger partial charge in [0, 0.05) is 31.7 Å². The Morgan fingerprint density at radius 3 is 2.61 bits per heavy atom. The van der Waals surface area contributed by atoms with E-state index in [1.165, 1.54) is 12.3 Å². The molecule has 1 aliphatic heterocycles. The zero-order valence-corrected chi connectivity index (χ0v) is 18.7. The summed E-state index contributed by atoms with van der Waals surface area (Å²) in [6.45, 7) is -0.910. The van der Waals surface area contributed by atoms with Crippen LogP contribution < -0.4 is 10.2 Å². The Labute approximate surface area is 190 Å². The second-order valence-corrected chi connectivity index (χ2v) is 9.94. The van der Waals surface area contributed by atoms with E-state index in [9.17, 15) is 31.0 Å². The molecule has 3 atom stereocenters. The fourth-order valence-corrected chi connectivity index (χ4v) is 4.37. The summed E-state index contributed by atoms with van der Waals surface area (Å²) in [4.78, 5) is 17.7. The lowest BCUT2D eigenvalue weighted by atomic mass is 9.99. The minimum Gasteiger partial charge on any atom is -0.367 e. The predicted molar refractivity (Wildman–Crippen MR) is 111 cm³/mol. The number of amides is 1. The number of benzene rings is 1. The molecule has 0 radical (unpaired) electrons. The first kappa shape index (κ1) is 25.1. The number of halogens is 6. The van der Waals surface area contributed by atoms with Crippen molar-refractivity contribution < 1.29 is 35.7 Å². The molecule has 0 aliphatic carbocycles. The zero-order valence-electron chi connectivity index (χ0n) is 17.2. The van der Waals surface area contributed by atoms with E-state index in [2.05, 4.69) is 10.3 Å². The number of anilines is 2. The molecule has 33 heavy (non-hydrogen) atoms. The van der Waals surface area contributed by atoms with Gasteiger partial charge in [-0.05, 0) is 24.3 Å². The number of hydrogen-bond acceptors (Lipinski definition) is 6. The van der Waals surface area contributed by atoms with Crippen LogP contribution in [0.2, 0.25) is 5.02 Å². The van der Waals surface area contributed by atoms with Crippen molar-refractivity contribution in [1.29, 1.82) is 4.78 Å². The zero-order chi connectivity index (χ0) is 24.8. The Morgan fingerprint density at radius 1 is 1.36 bits per heavy atom. The van der Waals surface area contributed by atoms with Gasteiger partial charge in [0.1, 0.15) is 16.1 Å². The van der Waals surface area contributed by atoms with Gasteiger partial charge in [-0.2, -0.15) is 13.2 Å². The molecule has 1 aromatic carbocycles. The van der Waals surface area contributed by atoms with E-state index < -0.39 is 63.1 Å². The topological polar surface area (TPSA) is 95.4 Å². The van der Waals surface area contributed by atoms with E-state index in [1.807, 2.05) is 0 Å². The fraction of sp³-hybridized carbons (Fsp3) is 0.368. The van der Waals surface area contributed by atoms with Crippen LogP contribution in [0.15, 0.2) is 35.5 Å². The molecular weight excluding hydrogens is 495 g/mol. The summed E-state index contributed by atoms with van der Waals surface area (Å²) in [5.41, 5.74) is -3.08. The summed E-state index contributed by atoms with van der Waals surface area (Å²) < 4.78 is 93.5. The van der Waals surface area contributed by atoms with Crippen molar-refractivity contribution in [1.82, 2.24) is 4.98 Å². The first-order valence-corrected chi connectivity index (χ1v) is 11.6. The van der Waals surface area contributed by atoms with Gasteiger partial charge in [-0.1, -0.05) is 11.6 Å². The minimum atomic E-state index is -4.90. The van der Waals surface area contributed by atoms with E-state index in [1.54, 1.807) is 0 Å². The molecule has 1 saturated heterocycles. The molecule has 180 valence electrons. The van der Waals surface area contributed by atoms with Gasteiger partial charge in [0.15, 0.2) is 17.2 Å². The highest BCUT2D eigenvalue weighted by Gasteiger charge is 2.63. The first-order valence-electron chi connectivity index (χ1n) is 9.23. The van der Waals surface area contributed by atoms with E-state index >= 15 is 0 Å². The highest BCUT2D eigenvalue weighted by molar-refractivity contribution is 7.91. The molecule has 7 nitrogen and oxygen atoms in total. The molecule has 0 spiro atoms. The molecule has 3 rings (SSSR count). The Bertz CT molecular complexity index is 1190. The quantitative estimate of drug-likeness (QED) is 0.462. The fourth-order valence-electron chi connectivity index (χ4n) is 3.49. The second kappa shape index (κ2) is 8.69. The number of ether oxygens (including phenoxy) is 1. The van der Waals surface area contributed by atoms with Crippen LogP contribution in [0, 0.1) is 16.4 Å². The van der Waals surface area contributed by atoms with Crippen LogP contribution in [0.25, 0.3) is 0 Å². The van der Waals surface area contributed by atoms with Crippen LogP contribution in [0.4, 0.5) is 33.3 Å². The van der Waals surface area contributed by atoms with Crippen LogP contribution >= 0.6 is 11.6 Å². The number of alkyl halides is 3. The monoisotopic (exact) mass is 512 g/mol. The van der Waals surface area contributed by atoms with E-state index in [0.717, 1.165) is 30.4 Å². The number of carbonyl (C=O) groups is 1. The largest absolute Gasteiger partial charge is 0.419 e. The highest BCUT2D eigenvalue weighted by Crippen LogP contribution is 2.46. The summed E-state index contributed by atoms with van der Waals surface area (Å²) in [6, 6.07) is 2.56. The molecule has 1 amide bonds. The molecule has 1 fully saturated rings. The van der Waals surface area contributed by atoms with Crippen molar-refractivity contribution in [3.05, 3.63) is 47.1 Å². The molecule has 2 N–H and O–H groups in total. The van der Waals surface area contributed by atoms with Gasteiger partial charge in [0.05, 0.1) is 22.0 Å². The number of carbonyl (C=O) groups excluding carboxylic acids is 1. The Balaban J connectivity index is 2.03. The number of pyridine rings is 1. The van der Waals surface area contributed by atoms with Gasteiger partial charge in [-0.3, -0.25) is 4.79 Å². The second-order valence-electron chi connectivity index (χ2n) is 7.45. The average Bonchev–Trinajstić information content (AvgIpc) is 3.13. The Kier molecular flexibility index (Phi) is 6.61. The summed E-state index contributed by atoms with van der Waals surface area (Å²) >= 11 is 5.86. The Hall–Kier alpha value is -2.51. The molecule has 2 aromatic rings. The van der Waals surface area contributed by atoms with E-state index in [-0.39, 0.29) is 16.4 Å². The van der Waals surface area contributed by atoms with Crippen LogP contribution in [0.1, 0.15) is 6.42 Å². The molecule has 14 heteroatoms. The maximum absolute atomic E-state index is 14.0. The van der Waals surface area contributed by atoms with Crippen molar-refractivity contribution >= 4 is 38.6 Å². The summed E-state index contributed by atoms with van der Waals surface area (Å²) in [5, 5.41) is 1.46. The molecule has 0 saturated carbocycles. The van der Waals surface area contributed by atoms with Crippen molar-refractivity contribution in [2.75, 3.05) is 30.1 Å². The van der Waals surface area contributed by atoms with E-state index in [0.29, 0.717) is 6.07 Å². The predicted octanol–water partition coefficient (Wildman–Crippen LogP) is 4.21. The van der Waals surface area contributed by atoms with Crippen molar-refractivity contribution in [2.24, 2.45) is 0 Å². The first-order chi connectivity index (χ1) is 15.2. The lowest BCUT2D eigenvalue weighted by Gasteiger charge is -2.30. The van der Waals surface area contributed by atoms with Gasteiger partial charge in [0.2, 0.25) is 5.91 Å². The maximum atomic E-state index is 14.0. The third kappa shape index (κ3) is 4.75. The number of aromatic nitrogens is 1. The smallest absolute Gasteiger partial charge is 0.367 e. The number of hydrogen-bond donors (Lipinski definition) is 2. The van der Waals surface area contributed by atoms with Crippen LogP contribution in [-0.4, -0.2) is 52.8 Å². The molecule has 2 heterocycles. The third-order valence-electron chi connectivity index (χ3n) is 5.26. The Morgan fingerprint density at radius 2 is 2.03 bits per heavy atom. The standard InChI is InChI=1S/C19H18ClF5N4O3S/c1-32-18(19(23,24)25)8-13(29(9-18)12-4-3-11(21)16(22)15(12)20)17(30)28-10-5-6-27-14(7-10)33(2,26)31/h3-7,13,26H,8-9H2,1-2H3,(H,27,28,30)/t13?,18?,33-/m1/s1. The SMILES string of the molecule is COC1(C(F)(F)F)CC(C(=O)Nc2ccnc([S@](C)(=N)=O)c2)N(c2ccc(F)c(F)c2Cl)C1. The van der Waals surface area contributed by atoms with Crippen LogP contribution in [0.3, 0.4) is 0 Å². The minimum absolute atomic E-state index is 0.0325. The number of nitrogens with zero attached hydrogens (tertiary/aromatic N) is 2. The highest BCUT2D eigenvalue weighted by atomic mass is 35.5. The molecule has 1 aromatic heterocycles. The van der Waals surface area contributed by atoms with E-state index in [4.69, 9.17) is 21.1 Å². The van der Waals surface area contributed by atoms with Gasteiger partial charge >= 0.3 is 6.18 Å². The molecular formula is C19H18ClF5N4O3S. The maximum Gasteiger partial charge on any atom is 0.419 e. The number of methoxy groups -OCH3 is 1. The van der Waals surface area contributed by atoms with Gasteiger partial charge in [0.25, 0.3) is 0 Å². The average molecular weight is 513 g/mol. The summed E-state index contributed by atoms with van der Waals surface area (Å²) in [7, 11) is -2.39.